The van der Waals surface area contributed by atoms with Crippen LogP contribution >= 0.6 is 0 Å². The Kier molecular flexibility index (Phi) is 2.51. The number of anilines is 1. The van der Waals surface area contributed by atoms with Gasteiger partial charge in [-0.2, -0.15) is 0 Å². The van der Waals surface area contributed by atoms with Crippen LogP contribution < -0.4 is 5.32 Å². The molecule has 2 aliphatic rings. The first-order valence-corrected chi connectivity index (χ1v) is 7.96. The summed E-state index contributed by atoms with van der Waals surface area (Å²) >= 11 is 0. The molecule has 3 aromatic rings. The van der Waals surface area contributed by atoms with Gasteiger partial charge in [0.15, 0.2) is 0 Å². The minimum absolute atomic E-state index is 0.516. The zero-order chi connectivity index (χ0) is 14.5. The first-order valence-electron chi connectivity index (χ1n) is 7.96. The molecule has 1 N–H and O–H groups in total. The van der Waals surface area contributed by atoms with Crippen LogP contribution in [0.2, 0.25) is 0 Å². The van der Waals surface area contributed by atoms with Gasteiger partial charge in [-0.05, 0) is 42.0 Å². The zero-order valence-corrected chi connectivity index (χ0v) is 12.2. The monoisotopic (exact) mass is 287 g/mol. The fraction of sp³-hybridized carbons (Fsp3) is 0.263. The van der Waals surface area contributed by atoms with Crippen LogP contribution in [-0.2, 0) is 6.42 Å². The average molecular weight is 287 g/mol. The van der Waals surface area contributed by atoms with Gasteiger partial charge in [-0.3, -0.25) is 0 Å². The molecule has 2 aromatic carbocycles. The Labute approximate surface area is 129 Å². The van der Waals surface area contributed by atoms with E-state index in [4.69, 9.17) is 0 Å². The van der Waals surface area contributed by atoms with E-state index in [0.29, 0.717) is 12.0 Å². The Hall–Kier alpha value is -2.42. The van der Waals surface area contributed by atoms with E-state index in [9.17, 15) is 0 Å². The van der Waals surface area contributed by atoms with E-state index in [0.717, 1.165) is 22.6 Å². The second-order valence-corrected chi connectivity index (χ2v) is 6.34. The van der Waals surface area contributed by atoms with Crippen LogP contribution in [0.1, 0.15) is 23.5 Å². The lowest BCUT2D eigenvalue weighted by molar-refractivity contribution is 0.661. The quantitative estimate of drug-likeness (QED) is 0.779. The number of rotatable bonds is 2. The molecular weight excluding hydrogens is 270 g/mol. The number of para-hydroxylation sites is 1. The van der Waals surface area contributed by atoms with Crippen molar-refractivity contribution >= 4 is 16.7 Å². The van der Waals surface area contributed by atoms with Gasteiger partial charge in [0.05, 0.1) is 5.52 Å². The second kappa shape index (κ2) is 4.54. The lowest BCUT2D eigenvalue weighted by Gasteiger charge is -2.13. The molecule has 0 spiro atoms. The minimum Gasteiger partial charge on any atom is -0.366 e. The highest BCUT2D eigenvalue weighted by molar-refractivity contribution is 5.89. The molecule has 1 aromatic heterocycles. The van der Waals surface area contributed by atoms with Crippen molar-refractivity contribution in [3.63, 3.8) is 0 Å². The molecular formula is C19H17N3. The number of hydrogen-bond donors (Lipinski definition) is 1. The normalized spacial score (nSPS) is 25.4. The molecule has 2 aliphatic carbocycles. The number of benzene rings is 2. The van der Waals surface area contributed by atoms with Crippen molar-refractivity contribution in [1.29, 1.82) is 0 Å². The Morgan fingerprint density at radius 1 is 0.955 bits per heavy atom. The highest BCUT2D eigenvalue weighted by atomic mass is 15.1. The van der Waals surface area contributed by atoms with Crippen LogP contribution in [0.25, 0.3) is 10.9 Å². The summed E-state index contributed by atoms with van der Waals surface area (Å²) in [7, 11) is 0. The predicted octanol–water partition coefficient (Wildman–Crippen LogP) is 3.77. The van der Waals surface area contributed by atoms with E-state index >= 15 is 0 Å². The van der Waals surface area contributed by atoms with Gasteiger partial charge in [0.1, 0.15) is 12.1 Å². The average Bonchev–Trinajstić information content (AvgIpc) is 3.29. The van der Waals surface area contributed by atoms with Crippen LogP contribution in [0.15, 0.2) is 54.9 Å². The van der Waals surface area contributed by atoms with Gasteiger partial charge in [0.25, 0.3) is 0 Å². The molecule has 3 unspecified atom stereocenters. The van der Waals surface area contributed by atoms with Crippen molar-refractivity contribution < 1.29 is 0 Å². The summed E-state index contributed by atoms with van der Waals surface area (Å²) in [6, 6.07) is 17.6. The Morgan fingerprint density at radius 3 is 2.82 bits per heavy atom. The summed E-state index contributed by atoms with van der Waals surface area (Å²) in [5.74, 6) is 2.38. The first kappa shape index (κ1) is 12.2. The number of hydrogen-bond acceptors (Lipinski definition) is 3. The molecule has 108 valence electrons. The zero-order valence-electron chi connectivity index (χ0n) is 12.2. The molecule has 0 aliphatic heterocycles. The van der Waals surface area contributed by atoms with Gasteiger partial charge in [0, 0.05) is 17.3 Å². The molecule has 0 radical (unpaired) electrons. The third-order valence-electron chi connectivity index (χ3n) is 5.18. The number of nitrogens with one attached hydrogen (secondary N) is 1. The largest absolute Gasteiger partial charge is 0.366 e. The third-order valence-corrected chi connectivity index (χ3v) is 5.18. The van der Waals surface area contributed by atoms with E-state index in [1.54, 1.807) is 6.33 Å². The number of aromatic nitrogens is 2. The molecule has 22 heavy (non-hydrogen) atoms. The maximum absolute atomic E-state index is 4.48. The second-order valence-electron chi connectivity index (χ2n) is 6.34. The molecule has 1 fully saturated rings. The SMILES string of the molecule is c1ccc2c(c1)CCC1C(Nc3ncnc4ccccc34)C21. The van der Waals surface area contributed by atoms with Gasteiger partial charge in [-0.1, -0.05) is 36.4 Å². The minimum atomic E-state index is 0.516. The van der Waals surface area contributed by atoms with Crippen LogP contribution in [0, 0.1) is 5.92 Å². The summed E-state index contributed by atoms with van der Waals surface area (Å²) in [5.41, 5.74) is 4.07. The fourth-order valence-electron chi connectivity index (χ4n) is 4.04. The number of nitrogens with zero attached hydrogens (tertiary/aromatic N) is 2. The maximum atomic E-state index is 4.48. The molecule has 0 bridgehead atoms. The Balaban J connectivity index is 1.49. The molecule has 1 saturated carbocycles. The van der Waals surface area contributed by atoms with Crippen LogP contribution in [0.4, 0.5) is 5.82 Å². The molecule has 3 heteroatoms. The van der Waals surface area contributed by atoms with E-state index < -0.39 is 0 Å². The topological polar surface area (TPSA) is 37.8 Å². The number of aryl methyl sites for hydroxylation is 1. The first-order chi connectivity index (χ1) is 10.9. The van der Waals surface area contributed by atoms with Gasteiger partial charge >= 0.3 is 0 Å². The summed E-state index contributed by atoms with van der Waals surface area (Å²) in [4.78, 5) is 8.82. The highest BCUT2D eigenvalue weighted by Gasteiger charge is 2.53. The Morgan fingerprint density at radius 2 is 1.82 bits per heavy atom. The predicted molar refractivity (Wildman–Crippen MR) is 87.9 cm³/mol. The van der Waals surface area contributed by atoms with Crippen molar-refractivity contribution in [2.45, 2.75) is 24.8 Å². The van der Waals surface area contributed by atoms with E-state index in [-0.39, 0.29) is 0 Å². The highest BCUT2D eigenvalue weighted by Crippen LogP contribution is 2.55. The van der Waals surface area contributed by atoms with E-state index in [1.165, 1.54) is 24.0 Å². The number of fused-ring (bicyclic) bond motifs is 4. The molecule has 3 nitrogen and oxygen atoms in total. The van der Waals surface area contributed by atoms with Crippen LogP contribution in [0.5, 0.6) is 0 Å². The Bertz CT molecular complexity index is 853. The lowest BCUT2D eigenvalue weighted by Crippen LogP contribution is -2.07. The van der Waals surface area contributed by atoms with Gasteiger partial charge in [0.2, 0.25) is 0 Å². The van der Waals surface area contributed by atoms with Gasteiger partial charge in [-0.25, -0.2) is 9.97 Å². The van der Waals surface area contributed by atoms with Crippen molar-refractivity contribution in [1.82, 2.24) is 9.97 Å². The van der Waals surface area contributed by atoms with Gasteiger partial charge < -0.3 is 5.32 Å². The summed E-state index contributed by atoms with van der Waals surface area (Å²) in [6.07, 6.45) is 4.15. The summed E-state index contributed by atoms with van der Waals surface area (Å²) < 4.78 is 0. The standard InChI is InChI=1S/C19H17N3/c1-2-6-13-12(5-1)9-10-15-17(13)18(15)22-19-14-7-3-4-8-16(14)20-11-21-19/h1-8,11,15,17-18H,9-10H2,(H,20,21,22). The van der Waals surface area contributed by atoms with Crippen molar-refractivity contribution in [3.05, 3.63) is 66.0 Å². The van der Waals surface area contributed by atoms with Crippen molar-refractivity contribution in [2.24, 2.45) is 5.92 Å². The van der Waals surface area contributed by atoms with Crippen molar-refractivity contribution in [2.75, 3.05) is 5.32 Å². The lowest BCUT2D eigenvalue weighted by atomic mass is 9.92. The molecule has 1 heterocycles. The summed E-state index contributed by atoms with van der Waals surface area (Å²) in [6.45, 7) is 0. The maximum Gasteiger partial charge on any atom is 0.137 e. The van der Waals surface area contributed by atoms with Crippen molar-refractivity contribution in [3.8, 4) is 0 Å². The molecule has 0 amide bonds. The molecule has 0 saturated heterocycles. The van der Waals surface area contributed by atoms with E-state index in [1.807, 2.05) is 18.2 Å². The fourth-order valence-corrected chi connectivity index (χ4v) is 4.04. The summed E-state index contributed by atoms with van der Waals surface area (Å²) in [5, 5.41) is 4.80. The molecule has 5 rings (SSSR count). The van der Waals surface area contributed by atoms with Crippen LogP contribution in [0.3, 0.4) is 0 Å². The molecule has 3 atom stereocenters. The van der Waals surface area contributed by atoms with Crippen LogP contribution in [-0.4, -0.2) is 16.0 Å². The third kappa shape index (κ3) is 1.75. The van der Waals surface area contributed by atoms with Gasteiger partial charge in [-0.15, -0.1) is 0 Å². The smallest absolute Gasteiger partial charge is 0.137 e. The van der Waals surface area contributed by atoms with E-state index in [2.05, 4.69) is 45.6 Å².